The van der Waals surface area contributed by atoms with Gasteiger partial charge in [0.1, 0.15) is 5.76 Å². The van der Waals surface area contributed by atoms with E-state index in [1.54, 1.807) is 0 Å². The monoisotopic (exact) mass is 317 g/mol. The zero-order valence-electron chi connectivity index (χ0n) is 14.5. The zero-order valence-corrected chi connectivity index (χ0v) is 14.5. The van der Waals surface area contributed by atoms with E-state index in [0.717, 1.165) is 23.3 Å². The summed E-state index contributed by atoms with van der Waals surface area (Å²) in [4.78, 5) is 4.40. The fourth-order valence-electron chi connectivity index (χ4n) is 2.77. The molecule has 0 N–H and O–H groups in total. The van der Waals surface area contributed by atoms with Crippen molar-refractivity contribution in [1.29, 1.82) is 0 Å². The minimum atomic E-state index is 0.295. The second-order valence-electron chi connectivity index (χ2n) is 6.43. The molecule has 1 unspecified atom stereocenters. The van der Waals surface area contributed by atoms with Crippen molar-refractivity contribution in [2.45, 2.75) is 27.2 Å². The molecular weight excluding hydrogens is 294 g/mol. The fraction of sp³-hybridized carbons (Fsp3) is 0.227. The maximum absolute atomic E-state index is 5.92. The number of aromatic nitrogens is 1. The molecule has 0 aliphatic carbocycles. The molecule has 0 radical (unpaired) electrons. The number of allylic oxidation sites excluding steroid dienone is 1. The van der Waals surface area contributed by atoms with Crippen molar-refractivity contribution in [3.05, 3.63) is 83.8 Å². The van der Waals surface area contributed by atoms with Gasteiger partial charge in [0, 0.05) is 12.0 Å². The van der Waals surface area contributed by atoms with Gasteiger partial charge in [-0.15, -0.1) is 0 Å². The molecule has 122 valence electrons. The van der Waals surface area contributed by atoms with Crippen LogP contribution in [-0.2, 0) is 6.42 Å². The van der Waals surface area contributed by atoms with E-state index in [9.17, 15) is 0 Å². The third kappa shape index (κ3) is 3.48. The smallest absolute Gasteiger partial charge is 0.226 e. The van der Waals surface area contributed by atoms with Gasteiger partial charge in [0.2, 0.25) is 5.89 Å². The van der Waals surface area contributed by atoms with Crippen LogP contribution in [0.4, 0.5) is 0 Å². The predicted octanol–water partition coefficient (Wildman–Crippen LogP) is 5.85. The summed E-state index contributed by atoms with van der Waals surface area (Å²) in [6, 6.07) is 16.5. The molecule has 3 aromatic rings. The van der Waals surface area contributed by atoms with Gasteiger partial charge in [-0.2, -0.15) is 0 Å². The maximum atomic E-state index is 5.92. The molecule has 3 rings (SSSR count). The zero-order chi connectivity index (χ0) is 17.1. The number of benzene rings is 2. The van der Waals surface area contributed by atoms with Crippen LogP contribution in [0.1, 0.15) is 29.4 Å². The third-order valence-corrected chi connectivity index (χ3v) is 4.55. The minimum Gasteiger partial charge on any atom is -0.441 e. The van der Waals surface area contributed by atoms with Crippen LogP contribution in [0.5, 0.6) is 0 Å². The largest absolute Gasteiger partial charge is 0.441 e. The lowest BCUT2D eigenvalue weighted by molar-refractivity contribution is 0.497. The highest BCUT2D eigenvalue weighted by molar-refractivity contribution is 5.66. The number of hydrogen-bond donors (Lipinski definition) is 0. The van der Waals surface area contributed by atoms with Crippen LogP contribution in [0.15, 0.2) is 65.7 Å². The van der Waals surface area contributed by atoms with E-state index in [2.05, 4.69) is 50.5 Å². The van der Waals surface area contributed by atoms with Crippen LogP contribution in [0.25, 0.3) is 17.0 Å². The molecule has 0 amide bonds. The summed E-state index contributed by atoms with van der Waals surface area (Å²) >= 11 is 0. The van der Waals surface area contributed by atoms with E-state index in [1.165, 1.54) is 16.7 Å². The van der Waals surface area contributed by atoms with Crippen LogP contribution >= 0.6 is 0 Å². The van der Waals surface area contributed by atoms with Crippen LogP contribution in [0, 0.1) is 19.8 Å². The van der Waals surface area contributed by atoms with E-state index < -0.39 is 0 Å². The molecule has 1 heterocycles. The standard InChI is InChI=1S/C22H23NO/c1-15-10-11-20(12-16(15)2)18(4)17(3)13-21-14-23-22(24-21)19-8-6-5-7-9-19/h5-12,14,17H,4,13H2,1-3H3. The highest BCUT2D eigenvalue weighted by atomic mass is 16.4. The normalized spacial score (nSPS) is 12.1. The lowest BCUT2D eigenvalue weighted by atomic mass is 9.90. The van der Waals surface area contributed by atoms with Gasteiger partial charge in [-0.25, -0.2) is 4.98 Å². The molecule has 2 aromatic carbocycles. The van der Waals surface area contributed by atoms with Crippen LogP contribution < -0.4 is 0 Å². The molecule has 0 aliphatic rings. The van der Waals surface area contributed by atoms with Gasteiger partial charge in [-0.05, 0) is 54.2 Å². The van der Waals surface area contributed by atoms with Crippen LogP contribution in [-0.4, -0.2) is 4.98 Å². The molecule has 0 aliphatic heterocycles. The van der Waals surface area contributed by atoms with Crippen molar-refractivity contribution in [2.75, 3.05) is 0 Å². The van der Waals surface area contributed by atoms with Crippen molar-refractivity contribution >= 4 is 5.57 Å². The first-order valence-corrected chi connectivity index (χ1v) is 8.31. The minimum absolute atomic E-state index is 0.295. The second-order valence-corrected chi connectivity index (χ2v) is 6.43. The number of nitrogens with zero attached hydrogens (tertiary/aromatic N) is 1. The Morgan fingerprint density at radius 1 is 1.08 bits per heavy atom. The van der Waals surface area contributed by atoms with Gasteiger partial charge in [0.25, 0.3) is 0 Å². The van der Waals surface area contributed by atoms with E-state index in [1.807, 2.05) is 36.5 Å². The van der Waals surface area contributed by atoms with Gasteiger partial charge in [-0.3, -0.25) is 0 Å². The Morgan fingerprint density at radius 2 is 1.83 bits per heavy atom. The molecule has 1 aromatic heterocycles. The summed E-state index contributed by atoms with van der Waals surface area (Å²) in [7, 11) is 0. The van der Waals surface area contributed by atoms with Gasteiger partial charge >= 0.3 is 0 Å². The topological polar surface area (TPSA) is 26.0 Å². The number of oxazole rings is 1. The molecule has 0 saturated carbocycles. The SMILES string of the molecule is C=C(c1ccc(C)c(C)c1)C(C)Cc1cnc(-c2ccccc2)o1. The van der Waals surface area contributed by atoms with Gasteiger partial charge < -0.3 is 4.42 Å². The summed E-state index contributed by atoms with van der Waals surface area (Å²) in [5, 5.41) is 0. The first-order valence-electron chi connectivity index (χ1n) is 8.31. The second kappa shape index (κ2) is 6.88. The molecule has 0 bridgehead atoms. The molecule has 2 heteroatoms. The van der Waals surface area contributed by atoms with Crippen LogP contribution in [0.3, 0.4) is 0 Å². The Bertz CT molecular complexity index is 845. The lowest BCUT2D eigenvalue weighted by Gasteiger charge is -2.15. The quantitative estimate of drug-likeness (QED) is 0.590. The predicted molar refractivity (Wildman–Crippen MR) is 99.8 cm³/mol. The average molecular weight is 317 g/mol. The molecule has 24 heavy (non-hydrogen) atoms. The summed E-state index contributed by atoms with van der Waals surface area (Å²) in [6.07, 6.45) is 2.62. The summed E-state index contributed by atoms with van der Waals surface area (Å²) in [5.74, 6) is 1.87. The Labute approximate surface area is 143 Å². The van der Waals surface area contributed by atoms with E-state index in [-0.39, 0.29) is 0 Å². The Morgan fingerprint density at radius 3 is 2.54 bits per heavy atom. The third-order valence-electron chi connectivity index (χ3n) is 4.55. The maximum Gasteiger partial charge on any atom is 0.226 e. The number of rotatable bonds is 5. The molecule has 0 saturated heterocycles. The highest BCUT2D eigenvalue weighted by Crippen LogP contribution is 2.27. The van der Waals surface area contributed by atoms with Crippen molar-refractivity contribution < 1.29 is 4.42 Å². The van der Waals surface area contributed by atoms with E-state index in [0.29, 0.717) is 11.8 Å². The van der Waals surface area contributed by atoms with Crippen molar-refractivity contribution in [1.82, 2.24) is 4.98 Å². The average Bonchev–Trinajstić information content (AvgIpc) is 3.06. The fourth-order valence-corrected chi connectivity index (χ4v) is 2.77. The first-order chi connectivity index (χ1) is 11.5. The van der Waals surface area contributed by atoms with E-state index >= 15 is 0 Å². The lowest BCUT2D eigenvalue weighted by Crippen LogP contribution is -2.02. The van der Waals surface area contributed by atoms with Gasteiger partial charge in [-0.1, -0.05) is 49.9 Å². The summed E-state index contributed by atoms with van der Waals surface area (Å²) < 4.78 is 5.92. The van der Waals surface area contributed by atoms with Crippen LogP contribution in [0.2, 0.25) is 0 Å². The summed E-state index contributed by atoms with van der Waals surface area (Å²) in [6.45, 7) is 10.7. The number of aryl methyl sites for hydroxylation is 2. The van der Waals surface area contributed by atoms with E-state index in [4.69, 9.17) is 4.42 Å². The highest BCUT2D eigenvalue weighted by Gasteiger charge is 2.14. The number of hydrogen-bond acceptors (Lipinski definition) is 2. The molecular formula is C22H23NO. The Hall–Kier alpha value is -2.61. The molecule has 0 spiro atoms. The van der Waals surface area contributed by atoms with Crippen molar-refractivity contribution in [3.8, 4) is 11.5 Å². The Balaban J connectivity index is 1.72. The molecule has 1 atom stereocenters. The molecule has 0 fully saturated rings. The van der Waals surface area contributed by atoms with Crippen molar-refractivity contribution in [3.63, 3.8) is 0 Å². The summed E-state index contributed by atoms with van der Waals surface area (Å²) in [5.41, 5.74) is 5.95. The Kier molecular flexibility index (Phi) is 4.66. The van der Waals surface area contributed by atoms with Gasteiger partial charge in [0.05, 0.1) is 6.20 Å². The van der Waals surface area contributed by atoms with Gasteiger partial charge in [0.15, 0.2) is 0 Å². The first kappa shape index (κ1) is 16.3. The molecule has 2 nitrogen and oxygen atoms in total. The van der Waals surface area contributed by atoms with Crippen molar-refractivity contribution in [2.24, 2.45) is 5.92 Å².